The molecule has 2 heterocycles. The molecule has 1 atom stereocenters. The van der Waals surface area contributed by atoms with E-state index in [1.165, 1.54) is 0 Å². The number of aromatic nitrogens is 1. The van der Waals surface area contributed by atoms with Gasteiger partial charge >= 0.3 is 0 Å². The van der Waals surface area contributed by atoms with Gasteiger partial charge in [0.05, 0.1) is 24.1 Å². The number of ether oxygens (including phenoxy) is 1. The molecule has 6 nitrogen and oxygen atoms in total. The largest absolute Gasteiger partial charge is 0.497 e. The highest BCUT2D eigenvalue weighted by Crippen LogP contribution is 2.20. The summed E-state index contributed by atoms with van der Waals surface area (Å²) in [7, 11) is -1.43. The van der Waals surface area contributed by atoms with Crippen LogP contribution >= 0.6 is 0 Å². The Hall–Kier alpha value is -2.15. The van der Waals surface area contributed by atoms with E-state index < -0.39 is 9.84 Å². The summed E-state index contributed by atoms with van der Waals surface area (Å²) in [6.07, 6.45) is 0.457. The number of rotatable bonds is 3. The fourth-order valence-corrected chi connectivity index (χ4v) is 4.20. The number of methoxy groups -OCH3 is 1. The van der Waals surface area contributed by atoms with Crippen LogP contribution in [0.15, 0.2) is 30.3 Å². The molecule has 1 aromatic heterocycles. The van der Waals surface area contributed by atoms with Gasteiger partial charge in [-0.3, -0.25) is 4.79 Å². The van der Waals surface area contributed by atoms with Crippen molar-refractivity contribution < 1.29 is 17.9 Å². The Labute approximate surface area is 128 Å². The molecule has 3 rings (SSSR count). The Morgan fingerprint density at radius 3 is 2.82 bits per heavy atom. The Morgan fingerprint density at radius 1 is 1.32 bits per heavy atom. The van der Waals surface area contributed by atoms with Crippen molar-refractivity contribution in [2.24, 2.45) is 0 Å². The van der Waals surface area contributed by atoms with Gasteiger partial charge in [-0.1, -0.05) is 6.07 Å². The second-order valence-corrected chi connectivity index (χ2v) is 7.56. The lowest BCUT2D eigenvalue weighted by molar-refractivity contribution is 0.0936. The van der Waals surface area contributed by atoms with Crippen molar-refractivity contribution in [2.75, 3.05) is 18.6 Å². The van der Waals surface area contributed by atoms with Crippen molar-refractivity contribution >= 4 is 26.6 Å². The monoisotopic (exact) mass is 320 g/mol. The third-order valence-electron chi connectivity index (χ3n) is 3.70. The Balaban J connectivity index is 1.79. The first-order valence-corrected chi connectivity index (χ1v) is 8.75. The maximum atomic E-state index is 12.2. The molecule has 7 heteroatoms. The number of benzene rings is 1. The van der Waals surface area contributed by atoms with Crippen molar-refractivity contribution in [1.29, 1.82) is 0 Å². The maximum absolute atomic E-state index is 12.2. The lowest BCUT2D eigenvalue weighted by Gasteiger charge is -2.10. The SMILES string of the molecule is COc1ccc2nc(C(=O)N[C@H]3CCS(=O)(=O)C3)ccc2c1. The molecule has 1 aliphatic heterocycles. The molecule has 22 heavy (non-hydrogen) atoms. The first kappa shape index (κ1) is 14.8. The zero-order valence-corrected chi connectivity index (χ0v) is 12.9. The van der Waals surface area contributed by atoms with Crippen LogP contribution in [-0.2, 0) is 9.84 Å². The summed E-state index contributed by atoms with van der Waals surface area (Å²) in [5.74, 6) is 0.509. The average Bonchev–Trinajstić information content (AvgIpc) is 2.84. The summed E-state index contributed by atoms with van der Waals surface area (Å²) in [5, 5.41) is 3.61. The van der Waals surface area contributed by atoms with E-state index in [9.17, 15) is 13.2 Å². The minimum absolute atomic E-state index is 0.00349. The second-order valence-electron chi connectivity index (χ2n) is 5.33. The fraction of sp³-hybridized carbons (Fsp3) is 0.333. The molecule has 1 amide bonds. The predicted molar refractivity (Wildman–Crippen MR) is 82.8 cm³/mol. The van der Waals surface area contributed by atoms with E-state index in [1.54, 1.807) is 31.4 Å². The molecule has 1 saturated heterocycles. The number of fused-ring (bicyclic) bond motifs is 1. The van der Waals surface area contributed by atoms with Gasteiger partial charge in [0, 0.05) is 11.4 Å². The summed E-state index contributed by atoms with van der Waals surface area (Å²) < 4.78 is 28.0. The smallest absolute Gasteiger partial charge is 0.270 e. The fourth-order valence-electron chi connectivity index (χ4n) is 2.53. The second kappa shape index (κ2) is 5.57. The molecule has 0 saturated carbocycles. The van der Waals surface area contributed by atoms with Crippen LogP contribution in [0.3, 0.4) is 0 Å². The highest BCUT2D eigenvalue weighted by atomic mass is 32.2. The highest BCUT2D eigenvalue weighted by Gasteiger charge is 2.29. The average molecular weight is 320 g/mol. The summed E-state index contributed by atoms with van der Waals surface area (Å²) >= 11 is 0. The molecule has 1 aliphatic rings. The van der Waals surface area contributed by atoms with Crippen LogP contribution in [0.25, 0.3) is 10.9 Å². The molecule has 0 aliphatic carbocycles. The number of carbonyl (C=O) groups is 1. The molecule has 2 aromatic rings. The quantitative estimate of drug-likeness (QED) is 0.917. The number of hydrogen-bond donors (Lipinski definition) is 1. The van der Waals surface area contributed by atoms with Gasteiger partial charge in [0.25, 0.3) is 5.91 Å². The summed E-state index contributed by atoms with van der Waals surface area (Å²) in [4.78, 5) is 16.5. The molecule has 1 N–H and O–H groups in total. The maximum Gasteiger partial charge on any atom is 0.270 e. The summed E-state index contributed by atoms with van der Waals surface area (Å²) in [6.45, 7) is 0. The van der Waals surface area contributed by atoms with Crippen LogP contribution in [0.5, 0.6) is 5.75 Å². The summed E-state index contributed by atoms with van der Waals surface area (Å²) in [5.41, 5.74) is 0.967. The van der Waals surface area contributed by atoms with Crippen LogP contribution in [0, 0.1) is 0 Å². The number of pyridine rings is 1. The number of nitrogens with one attached hydrogen (secondary N) is 1. The molecule has 1 fully saturated rings. The number of hydrogen-bond acceptors (Lipinski definition) is 5. The van der Waals surface area contributed by atoms with E-state index in [4.69, 9.17) is 4.74 Å². The van der Waals surface area contributed by atoms with Crippen LogP contribution in [-0.4, -0.2) is 44.0 Å². The van der Waals surface area contributed by atoms with Gasteiger partial charge < -0.3 is 10.1 Å². The molecule has 0 unspecified atom stereocenters. The van der Waals surface area contributed by atoms with E-state index in [1.807, 2.05) is 6.07 Å². The first-order chi connectivity index (χ1) is 10.5. The molecule has 0 bridgehead atoms. The zero-order chi connectivity index (χ0) is 15.7. The minimum Gasteiger partial charge on any atom is -0.497 e. The van der Waals surface area contributed by atoms with Gasteiger partial charge in [-0.2, -0.15) is 0 Å². The zero-order valence-electron chi connectivity index (χ0n) is 12.1. The Kier molecular flexibility index (Phi) is 3.74. The van der Waals surface area contributed by atoms with Gasteiger partial charge in [-0.25, -0.2) is 13.4 Å². The van der Waals surface area contributed by atoms with Crippen molar-refractivity contribution in [3.63, 3.8) is 0 Å². The van der Waals surface area contributed by atoms with Crippen molar-refractivity contribution in [3.05, 3.63) is 36.0 Å². The molecule has 1 aromatic carbocycles. The van der Waals surface area contributed by atoms with Gasteiger partial charge in [0.2, 0.25) is 0 Å². The summed E-state index contributed by atoms with van der Waals surface area (Å²) in [6, 6.07) is 8.50. The van der Waals surface area contributed by atoms with E-state index in [0.717, 1.165) is 11.1 Å². The third-order valence-corrected chi connectivity index (χ3v) is 5.46. The van der Waals surface area contributed by atoms with Crippen molar-refractivity contribution in [1.82, 2.24) is 10.3 Å². The number of amides is 1. The van der Waals surface area contributed by atoms with E-state index in [2.05, 4.69) is 10.3 Å². The lowest BCUT2D eigenvalue weighted by atomic mass is 10.2. The molecular weight excluding hydrogens is 304 g/mol. The molecule has 116 valence electrons. The minimum atomic E-state index is -3.01. The Morgan fingerprint density at radius 2 is 2.14 bits per heavy atom. The standard InChI is InChI=1S/C15H16N2O4S/c1-21-12-3-5-13-10(8-12)2-4-14(17-13)15(18)16-11-6-7-22(19,20)9-11/h2-5,8,11H,6-7,9H2,1H3,(H,16,18)/t11-/m0/s1. The van der Waals surface area contributed by atoms with Crippen LogP contribution < -0.4 is 10.1 Å². The van der Waals surface area contributed by atoms with Gasteiger partial charge in [0.15, 0.2) is 9.84 Å². The van der Waals surface area contributed by atoms with Crippen LogP contribution in [0.2, 0.25) is 0 Å². The predicted octanol–water partition coefficient (Wildman–Crippen LogP) is 1.16. The molecular formula is C15H16N2O4S. The highest BCUT2D eigenvalue weighted by molar-refractivity contribution is 7.91. The van der Waals surface area contributed by atoms with E-state index in [0.29, 0.717) is 11.9 Å². The van der Waals surface area contributed by atoms with Crippen molar-refractivity contribution in [3.8, 4) is 5.75 Å². The third kappa shape index (κ3) is 3.04. The van der Waals surface area contributed by atoms with Gasteiger partial charge in [0.1, 0.15) is 11.4 Å². The lowest BCUT2D eigenvalue weighted by Crippen LogP contribution is -2.36. The van der Waals surface area contributed by atoms with Crippen molar-refractivity contribution in [2.45, 2.75) is 12.5 Å². The number of sulfone groups is 1. The van der Waals surface area contributed by atoms with Gasteiger partial charge in [-0.05, 0) is 30.7 Å². The number of nitrogens with zero attached hydrogens (tertiary/aromatic N) is 1. The molecule has 0 radical (unpaired) electrons. The first-order valence-electron chi connectivity index (χ1n) is 6.93. The normalized spacial score (nSPS) is 20.0. The topological polar surface area (TPSA) is 85.4 Å². The Bertz CT molecular complexity index is 833. The number of carbonyl (C=O) groups excluding carboxylic acids is 1. The van der Waals surface area contributed by atoms with Crippen LogP contribution in [0.4, 0.5) is 0 Å². The van der Waals surface area contributed by atoms with Crippen LogP contribution in [0.1, 0.15) is 16.9 Å². The molecule has 0 spiro atoms. The van der Waals surface area contributed by atoms with E-state index in [-0.39, 0.29) is 29.1 Å². The van der Waals surface area contributed by atoms with E-state index >= 15 is 0 Å². The van der Waals surface area contributed by atoms with Gasteiger partial charge in [-0.15, -0.1) is 0 Å².